The molecule has 0 fully saturated rings. The maximum atomic E-state index is 14.2. The van der Waals surface area contributed by atoms with Gasteiger partial charge in [-0.05, 0) is 135 Å². The molecule has 342 valence electrons. The number of nitrogens with one attached hydrogen (secondary N) is 2. The Bertz CT molecular complexity index is 2980. The van der Waals surface area contributed by atoms with Crippen molar-refractivity contribution in [2.24, 2.45) is 32.3 Å². The SMILES string of the molecule is Cc1ccc(N=Nc2ccc(N/C=C3\C(=O)C(O)=C(C(C)C)c4cc(C)c(-c5c(C)cc6c(c5O)/C(=C/Nc5ccc(N=Nc7ccc(C)cc7)cc5)C(=O)C(O)=C6C(C)C)c(O)c43)cc2)cc1. The van der Waals surface area contributed by atoms with Crippen molar-refractivity contribution in [1.29, 1.82) is 0 Å². The molecule has 8 rings (SSSR count). The topological polar surface area (TPSA) is 189 Å². The molecule has 12 heteroatoms. The summed E-state index contributed by atoms with van der Waals surface area (Å²) < 4.78 is 0. The third-order valence-electron chi connectivity index (χ3n) is 12.1. The summed E-state index contributed by atoms with van der Waals surface area (Å²) in [4.78, 5) is 28.3. The minimum absolute atomic E-state index is 0.00330. The van der Waals surface area contributed by atoms with E-state index in [9.17, 15) is 30.0 Å². The van der Waals surface area contributed by atoms with E-state index >= 15 is 0 Å². The molecule has 68 heavy (non-hydrogen) atoms. The first-order valence-electron chi connectivity index (χ1n) is 22.3. The summed E-state index contributed by atoms with van der Waals surface area (Å²) in [5.41, 5.74) is 9.61. The summed E-state index contributed by atoms with van der Waals surface area (Å²) >= 11 is 0. The van der Waals surface area contributed by atoms with Gasteiger partial charge in [-0.3, -0.25) is 9.59 Å². The summed E-state index contributed by atoms with van der Waals surface area (Å²) in [6.45, 7) is 15.0. The number of phenols is 2. The molecule has 12 nitrogen and oxygen atoms in total. The number of Topliss-reactive ketones (excluding diaryl/α,β-unsaturated/α-hetero) is 2. The molecule has 0 amide bonds. The van der Waals surface area contributed by atoms with Crippen LogP contribution < -0.4 is 10.6 Å². The Morgan fingerprint density at radius 3 is 1.03 bits per heavy atom. The Hall–Kier alpha value is -8.38. The van der Waals surface area contributed by atoms with Crippen LogP contribution in [-0.4, -0.2) is 32.0 Å². The van der Waals surface area contributed by atoms with Crippen molar-refractivity contribution in [2.45, 2.75) is 55.4 Å². The van der Waals surface area contributed by atoms with E-state index in [1.807, 2.05) is 90.1 Å². The number of phenolic OH excluding ortho intramolecular Hbond substituents is 2. The predicted molar refractivity (Wildman–Crippen MR) is 270 cm³/mol. The number of aliphatic hydroxyl groups is 2. The van der Waals surface area contributed by atoms with E-state index in [1.54, 1.807) is 74.5 Å². The first-order valence-corrected chi connectivity index (χ1v) is 22.3. The highest BCUT2D eigenvalue weighted by Gasteiger charge is 2.38. The van der Waals surface area contributed by atoms with Crippen molar-refractivity contribution < 1.29 is 30.0 Å². The molecular weight excluding hydrogens is 853 g/mol. The average Bonchev–Trinajstić information content (AvgIpc) is 3.30. The van der Waals surface area contributed by atoms with Gasteiger partial charge >= 0.3 is 0 Å². The van der Waals surface area contributed by atoms with E-state index in [-0.39, 0.29) is 56.7 Å². The number of anilines is 2. The minimum Gasteiger partial charge on any atom is -0.507 e. The molecular formula is C56H52N6O6. The second-order valence-corrected chi connectivity index (χ2v) is 17.7. The van der Waals surface area contributed by atoms with E-state index in [0.717, 1.165) is 22.5 Å². The van der Waals surface area contributed by atoms with Gasteiger partial charge in [0.05, 0.1) is 33.9 Å². The van der Waals surface area contributed by atoms with Gasteiger partial charge in [-0.2, -0.15) is 20.5 Å². The number of ketones is 2. The van der Waals surface area contributed by atoms with Gasteiger partial charge in [0.2, 0.25) is 11.6 Å². The van der Waals surface area contributed by atoms with Crippen molar-refractivity contribution in [2.75, 3.05) is 10.6 Å². The van der Waals surface area contributed by atoms with E-state index < -0.39 is 23.1 Å². The fourth-order valence-corrected chi connectivity index (χ4v) is 8.64. The number of nitrogens with zero attached hydrogens (tertiary/aromatic N) is 4. The smallest absolute Gasteiger partial charge is 0.229 e. The highest BCUT2D eigenvalue weighted by molar-refractivity contribution is 6.35. The van der Waals surface area contributed by atoms with Crippen molar-refractivity contribution in [3.63, 3.8) is 0 Å². The third-order valence-corrected chi connectivity index (χ3v) is 12.1. The molecule has 0 saturated carbocycles. The van der Waals surface area contributed by atoms with Crippen molar-refractivity contribution in [1.82, 2.24) is 0 Å². The molecule has 0 radical (unpaired) electrons. The lowest BCUT2D eigenvalue weighted by atomic mass is 9.75. The van der Waals surface area contributed by atoms with Gasteiger partial charge in [-0.25, -0.2) is 0 Å². The van der Waals surface area contributed by atoms with Gasteiger partial charge in [-0.15, -0.1) is 0 Å². The molecule has 0 unspecified atom stereocenters. The van der Waals surface area contributed by atoms with Crippen LogP contribution in [0.25, 0.3) is 33.4 Å². The number of azo groups is 2. The van der Waals surface area contributed by atoms with Crippen LogP contribution in [0, 0.1) is 39.5 Å². The lowest BCUT2D eigenvalue weighted by molar-refractivity contribution is -0.113. The molecule has 6 aromatic carbocycles. The number of hydrogen-bond acceptors (Lipinski definition) is 12. The van der Waals surface area contributed by atoms with Crippen LogP contribution in [0.3, 0.4) is 0 Å². The number of carbonyl (C=O) groups is 2. The molecule has 0 spiro atoms. The summed E-state index contributed by atoms with van der Waals surface area (Å²) in [5, 5.41) is 71.6. The Balaban J connectivity index is 1.19. The van der Waals surface area contributed by atoms with Crippen LogP contribution >= 0.6 is 0 Å². The number of allylic oxidation sites excluding steroid dienone is 4. The lowest BCUT2D eigenvalue weighted by Crippen LogP contribution is -2.20. The second-order valence-electron chi connectivity index (χ2n) is 17.7. The molecule has 6 aromatic rings. The average molecular weight is 905 g/mol. The minimum atomic E-state index is -0.694. The maximum absolute atomic E-state index is 14.2. The van der Waals surface area contributed by atoms with Crippen molar-refractivity contribution >= 4 is 68.0 Å². The molecule has 0 atom stereocenters. The first-order chi connectivity index (χ1) is 32.5. The van der Waals surface area contributed by atoms with E-state index in [4.69, 9.17) is 0 Å². The zero-order valence-corrected chi connectivity index (χ0v) is 39.1. The van der Waals surface area contributed by atoms with Crippen LogP contribution in [0.4, 0.5) is 34.1 Å². The Labute approximate surface area is 395 Å². The van der Waals surface area contributed by atoms with Crippen LogP contribution in [0.2, 0.25) is 0 Å². The highest BCUT2D eigenvalue weighted by Crippen LogP contribution is 2.54. The molecule has 0 aliphatic heterocycles. The zero-order valence-electron chi connectivity index (χ0n) is 39.1. The standard InChI is InChI=1S/C56H52N6O6/c1-29(2)45-41-25-33(7)47(53(65)49(41)43(51(63)55(45)67)27-57-35-17-21-39(22-18-35)61-59-37-13-9-31(5)10-14-37)48-34(8)26-42-46(30(3)4)56(68)52(64)44(50(42)54(48)66)28-58-36-19-23-40(24-20-36)62-60-38-15-11-32(6)12-16-38/h9-30,57-58,65-68H,1-8H3/b43-27-,44-28-,61-59?,62-60?. The Morgan fingerprint density at radius 2 is 0.735 bits per heavy atom. The number of fused-ring (bicyclic) bond motifs is 2. The van der Waals surface area contributed by atoms with Crippen LogP contribution in [0.5, 0.6) is 11.5 Å². The van der Waals surface area contributed by atoms with Gasteiger partial charge in [0.1, 0.15) is 11.5 Å². The van der Waals surface area contributed by atoms with Gasteiger partial charge < -0.3 is 31.1 Å². The number of aliphatic hydroxyl groups excluding tert-OH is 2. The number of aryl methyl sites for hydroxylation is 4. The third kappa shape index (κ3) is 8.96. The monoisotopic (exact) mass is 904 g/mol. The summed E-state index contributed by atoms with van der Waals surface area (Å²) in [5.74, 6) is -3.47. The summed E-state index contributed by atoms with van der Waals surface area (Å²) in [6, 6.07) is 33.1. The summed E-state index contributed by atoms with van der Waals surface area (Å²) in [7, 11) is 0. The fourth-order valence-electron chi connectivity index (χ4n) is 8.64. The normalized spacial score (nSPS) is 15.1. The predicted octanol–water partition coefficient (Wildman–Crippen LogP) is 14.8. The number of benzene rings is 6. The Kier molecular flexibility index (Phi) is 12.8. The number of hydrogen-bond donors (Lipinski definition) is 6. The quantitative estimate of drug-likeness (QED) is 0.0547. The van der Waals surface area contributed by atoms with Crippen LogP contribution in [0.1, 0.15) is 72.2 Å². The molecule has 0 bridgehead atoms. The molecule has 0 heterocycles. The zero-order chi connectivity index (χ0) is 48.6. The molecule has 2 aliphatic rings. The number of rotatable bonds is 11. The van der Waals surface area contributed by atoms with Crippen LogP contribution in [-0.2, 0) is 9.59 Å². The first kappa shape index (κ1) is 46.2. The highest BCUT2D eigenvalue weighted by atomic mass is 16.3. The molecule has 0 saturated heterocycles. The van der Waals surface area contributed by atoms with E-state index in [1.165, 1.54) is 12.4 Å². The fraction of sp³-hybridized carbons (Fsp3) is 0.179. The largest absolute Gasteiger partial charge is 0.507 e. The van der Waals surface area contributed by atoms with Gasteiger partial charge in [-0.1, -0.05) is 75.2 Å². The van der Waals surface area contributed by atoms with Crippen molar-refractivity contribution in [3.05, 3.63) is 178 Å². The van der Waals surface area contributed by atoms with Crippen molar-refractivity contribution in [3.8, 4) is 22.6 Å². The second kappa shape index (κ2) is 18.8. The van der Waals surface area contributed by atoms with Crippen LogP contribution in [0.15, 0.2) is 154 Å². The summed E-state index contributed by atoms with van der Waals surface area (Å²) in [6.07, 6.45) is 2.89. The number of aromatic hydroxyl groups is 2. The lowest BCUT2D eigenvalue weighted by Gasteiger charge is -2.29. The van der Waals surface area contributed by atoms with Gasteiger partial charge in [0.25, 0.3) is 0 Å². The Morgan fingerprint density at radius 1 is 0.441 bits per heavy atom. The van der Waals surface area contributed by atoms with Gasteiger partial charge in [0, 0.05) is 57.2 Å². The molecule has 0 aromatic heterocycles. The van der Waals surface area contributed by atoms with Gasteiger partial charge in [0.15, 0.2) is 11.5 Å². The van der Waals surface area contributed by atoms with E-state index in [2.05, 4.69) is 31.1 Å². The molecule has 2 aliphatic carbocycles. The maximum Gasteiger partial charge on any atom is 0.229 e. The molecule has 6 N–H and O–H groups in total. The number of carbonyl (C=O) groups excluding carboxylic acids is 2. The van der Waals surface area contributed by atoms with E-state index in [0.29, 0.717) is 56.1 Å².